The summed E-state index contributed by atoms with van der Waals surface area (Å²) in [5, 5.41) is 28.4. The van der Waals surface area contributed by atoms with Crippen LogP contribution >= 0.6 is 35.5 Å². The number of aliphatic carboxylic acids is 2. The number of nitrogens with one attached hydrogen (secondary N) is 1. The van der Waals surface area contributed by atoms with Crippen LogP contribution in [0.15, 0.2) is 52.4 Å². The lowest BCUT2D eigenvalue weighted by Gasteiger charge is -2.50. The van der Waals surface area contributed by atoms with E-state index in [4.69, 9.17) is 10.6 Å². The Morgan fingerprint density at radius 2 is 2.03 bits per heavy atom. The largest absolute Gasteiger partial charge is 0.543 e. The Morgan fingerprint density at radius 3 is 2.61 bits per heavy atom. The summed E-state index contributed by atoms with van der Waals surface area (Å²) in [6.07, 6.45) is 3.55. The van der Waals surface area contributed by atoms with Gasteiger partial charge in [-0.05, 0) is 13.8 Å². The fourth-order valence-corrected chi connectivity index (χ4v) is 5.45. The first-order valence-corrected chi connectivity index (χ1v) is 12.8. The van der Waals surface area contributed by atoms with E-state index in [0.717, 1.165) is 16.2 Å². The van der Waals surface area contributed by atoms with Crippen LogP contribution in [0.4, 0.5) is 5.13 Å². The van der Waals surface area contributed by atoms with Crippen LogP contribution in [-0.4, -0.2) is 67.2 Å². The molecule has 2 amide bonds. The maximum atomic E-state index is 13.1. The summed E-state index contributed by atoms with van der Waals surface area (Å²) in [5.74, 6) is -4.01. The number of halogens is 1. The molecule has 1 fully saturated rings. The Balaban J connectivity index is 0.00000400. The number of β-lactam (4-membered cyclic amide) rings is 1. The first-order valence-electron chi connectivity index (χ1n) is 10.8. The number of hydrogen-bond donors (Lipinski definition) is 3. The molecule has 0 saturated carbocycles. The molecule has 38 heavy (non-hydrogen) atoms. The topological polar surface area (TPSA) is 191 Å². The molecule has 2 atom stereocenters. The van der Waals surface area contributed by atoms with E-state index in [1.807, 2.05) is 6.07 Å². The third kappa shape index (κ3) is 5.74. The van der Waals surface area contributed by atoms with E-state index in [2.05, 4.69) is 15.5 Å². The third-order valence-corrected chi connectivity index (χ3v) is 7.55. The summed E-state index contributed by atoms with van der Waals surface area (Å²) in [6.45, 7) is 2.74. The monoisotopic (exact) mass is 582 g/mol. The maximum absolute atomic E-state index is 13.1. The van der Waals surface area contributed by atoms with Gasteiger partial charge in [-0.2, -0.15) is 0 Å². The fourth-order valence-electron chi connectivity index (χ4n) is 3.56. The number of rotatable bonds is 9. The quantitative estimate of drug-likeness (QED) is 0.145. The predicted molar refractivity (Wildman–Crippen MR) is 137 cm³/mol. The van der Waals surface area contributed by atoms with Gasteiger partial charge in [0.15, 0.2) is 29.8 Å². The van der Waals surface area contributed by atoms with Crippen LogP contribution in [0.25, 0.3) is 0 Å². The molecule has 1 saturated heterocycles. The van der Waals surface area contributed by atoms with Crippen LogP contribution < -0.4 is 20.7 Å². The summed E-state index contributed by atoms with van der Waals surface area (Å²) in [6, 6.07) is 4.36. The molecule has 4 heterocycles. The van der Waals surface area contributed by atoms with Gasteiger partial charge in [-0.15, -0.1) is 35.5 Å². The first-order chi connectivity index (χ1) is 17.5. The Labute approximate surface area is 230 Å². The van der Waals surface area contributed by atoms with Crippen LogP contribution in [0.3, 0.4) is 0 Å². The molecule has 2 aromatic heterocycles. The molecule has 16 heteroatoms. The fraction of sp³-hybridized carbons (Fsp3) is 0.318. The van der Waals surface area contributed by atoms with Crippen molar-refractivity contribution in [3.05, 3.63) is 52.9 Å². The molecular weight excluding hydrogens is 560 g/mol. The second-order valence-electron chi connectivity index (χ2n) is 8.57. The number of carbonyl (C=O) groups excluding carboxylic acids is 3. The number of anilines is 1. The second-order valence-corrected chi connectivity index (χ2v) is 10.6. The number of pyridine rings is 1. The minimum atomic E-state index is -1.75. The molecule has 202 valence electrons. The lowest BCUT2D eigenvalue weighted by atomic mass is 10.0. The van der Waals surface area contributed by atoms with Gasteiger partial charge < -0.3 is 30.9 Å². The number of carboxylic acids is 2. The van der Waals surface area contributed by atoms with E-state index in [1.165, 1.54) is 31.0 Å². The highest BCUT2D eigenvalue weighted by molar-refractivity contribution is 8.00. The van der Waals surface area contributed by atoms with Crippen molar-refractivity contribution >= 4 is 70.1 Å². The van der Waals surface area contributed by atoms with Crippen LogP contribution in [0.2, 0.25) is 0 Å². The maximum Gasteiger partial charge on any atom is 0.350 e. The molecule has 2 aliphatic rings. The van der Waals surface area contributed by atoms with Crippen molar-refractivity contribution in [3.63, 3.8) is 0 Å². The van der Waals surface area contributed by atoms with Crippen molar-refractivity contribution in [2.45, 2.75) is 37.4 Å². The Bertz CT molecular complexity index is 1330. The van der Waals surface area contributed by atoms with Crippen molar-refractivity contribution in [1.82, 2.24) is 15.2 Å². The van der Waals surface area contributed by atoms with Crippen LogP contribution in [-0.2, 0) is 30.6 Å². The van der Waals surface area contributed by atoms with Crippen molar-refractivity contribution in [2.24, 2.45) is 5.16 Å². The predicted octanol–water partition coefficient (Wildman–Crippen LogP) is -0.877. The number of carbonyl (C=O) groups is 4. The molecule has 2 aromatic rings. The zero-order valence-corrected chi connectivity index (χ0v) is 22.5. The normalized spacial score (nSPS) is 19.2. The molecule has 0 spiro atoms. The van der Waals surface area contributed by atoms with Crippen molar-refractivity contribution in [1.29, 1.82) is 0 Å². The molecule has 2 aliphatic heterocycles. The van der Waals surface area contributed by atoms with Crippen molar-refractivity contribution in [2.75, 3.05) is 11.5 Å². The molecular formula is C22H23ClN6O7S2. The van der Waals surface area contributed by atoms with Crippen LogP contribution in [0.1, 0.15) is 19.5 Å². The highest BCUT2D eigenvalue weighted by Gasteiger charge is 2.53. The summed E-state index contributed by atoms with van der Waals surface area (Å²) >= 11 is 2.32. The number of nitrogens with zero attached hydrogens (tertiary/aromatic N) is 4. The van der Waals surface area contributed by atoms with Gasteiger partial charge in [-0.1, -0.05) is 11.2 Å². The van der Waals surface area contributed by atoms with Gasteiger partial charge >= 0.3 is 5.97 Å². The number of nitrogens with two attached hydrogens (primary N) is 1. The molecule has 0 aromatic carbocycles. The zero-order chi connectivity index (χ0) is 26.9. The van der Waals surface area contributed by atoms with E-state index in [-0.39, 0.29) is 41.2 Å². The van der Waals surface area contributed by atoms with E-state index in [9.17, 15) is 29.4 Å². The average molecular weight is 583 g/mol. The van der Waals surface area contributed by atoms with E-state index >= 15 is 0 Å². The smallest absolute Gasteiger partial charge is 0.350 e. The molecule has 4 rings (SSSR count). The number of nitrogen functional groups attached to an aromatic ring is 1. The van der Waals surface area contributed by atoms with E-state index < -0.39 is 40.8 Å². The Hall–Kier alpha value is -3.69. The number of aromatic nitrogens is 2. The van der Waals surface area contributed by atoms with Crippen molar-refractivity contribution < 1.29 is 38.8 Å². The number of amides is 2. The standard InChI is InChI=1S/C22H22N6O7S2.ClH/c1-22(2,20(33)34)35-26-13(12-10-37-21(23)24-12)16(29)25-14-17(30)28-15(19(31)32)11(9-36-18(14)28)8-27-6-4-3-5-7-27;/h3-7,10,14,18H,8-9H2,1-2H3,(H4-,23,24,25,29,31,32,33,34);1H/b26-13+;/t14-,18-;/m1./s1. The number of hydrogen-bond acceptors (Lipinski definition) is 11. The molecule has 0 aliphatic carbocycles. The van der Waals surface area contributed by atoms with E-state index in [1.54, 1.807) is 29.1 Å². The van der Waals surface area contributed by atoms with Crippen LogP contribution in [0, 0.1) is 0 Å². The number of fused-ring (bicyclic) bond motifs is 1. The van der Waals surface area contributed by atoms with Gasteiger partial charge in [0.25, 0.3) is 11.8 Å². The summed E-state index contributed by atoms with van der Waals surface area (Å²) < 4.78 is 1.78. The highest BCUT2D eigenvalue weighted by atomic mass is 35.5. The summed E-state index contributed by atoms with van der Waals surface area (Å²) in [7, 11) is 0. The number of oxime groups is 1. The van der Waals surface area contributed by atoms with Gasteiger partial charge in [0, 0.05) is 28.8 Å². The average Bonchev–Trinajstić information content (AvgIpc) is 3.28. The number of thiazole rings is 1. The lowest BCUT2D eigenvalue weighted by Crippen LogP contribution is -2.71. The highest BCUT2D eigenvalue weighted by Crippen LogP contribution is 2.40. The Kier molecular flexibility index (Phi) is 8.64. The van der Waals surface area contributed by atoms with Gasteiger partial charge in [0.2, 0.25) is 5.60 Å². The summed E-state index contributed by atoms with van der Waals surface area (Å²) in [4.78, 5) is 59.6. The molecule has 4 N–H and O–H groups in total. The number of carboxylic acid groups (broad SMARTS) is 2. The van der Waals surface area contributed by atoms with E-state index in [0.29, 0.717) is 11.3 Å². The van der Waals surface area contributed by atoms with Gasteiger partial charge in [0.05, 0.1) is 11.7 Å². The molecule has 0 unspecified atom stereocenters. The zero-order valence-electron chi connectivity index (χ0n) is 20.0. The van der Waals surface area contributed by atoms with Gasteiger partial charge in [-0.3, -0.25) is 14.5 Å². The number of thioether (sulfide) groups is 1. The second kappa shape index (κ2) is 11.4. The summed E-state index contributed by atoms with van der Waals surface area (Å²) in [5.41, 5.74) is 3.83. The first kappa shape index (κ1) is 28.9. The van der Waals surface area contributed by atoms with Gasteiger partial charge in [0.1, 0.15) is 17.1 Å². The van der Waals surface area contributed by atoms with Crippen molar-refractivity contribution in [3.8, 4) is 0 Å². The third-order valence-electron chi connectivity index (χ3n) is 5.54. The minimum Gasteiger partial charge on any atom is -0.543 e. The Morgan fingerprint density at radius 1 is 1.34 bits per heavy atom. The van der Waals surface area contributed by atoms with Crippen LogP contribution in [0.5, 0.6) is 0 Å². The lowest BCUT2D eigenvalue weighted by molar-refractivity contribution is -0.689. The minimum absolute atomic E-state index is 0. The van der Waals surface area contributed by atoms with Gasteiger partial charge in [-0.25, -0.2) is 14.3 Å². The molecule has 0 radical (unpaired) electrons. The molecule has 0 bridgehead atoms. The molecule has 13 nitrogen and oxygen atoms in total. The SMILES string of the molecule is CC(C)(O/N=C(/C(=O)N[C@@H]1C(=O)N2C(C(=O)[O-])=C(C[n+]3ccccc3)CS[C@H]12)c1csc(N)n1)C(=O)O.Cl.